The molecule has 5 nitrogen and oxygen atoms in total. The maximum absolute atomic E-state index is 5.82. The van der Waals surface area contributed by atoms with Crippen LogP contribution in [-0.4, -0.2) is 68.5 Å². The Bertz CT molecular complexity index is 539. The quantitative estimate of drug-likeness (QED) is 0.445. The normalized spacial score (nSPS) is 9.79. The van der Waals surface area contributed by atoms with Crippen LogP contribution in [0.4, 0.5) is 11.6 Å². The zero-order valence-electron chi connectivity index (χ0n) is 9.92. The van der Waals surface area contributed by atoms with E-state index in [0.717, 1.165) is 16.9 Å². The van der Waals surface area contributed by atoms with Crippen molar-refractivity contribution in [2.24, 2.45) is 0 Å². The first-order valence-corrected chi connectivity index (χ1v) is 5.78. The van der Waals surface area contributed by atoms with Crippen LogP contribution in [0, 0.1) is 0 Å². The Morgan fingerprint density at radius 2 is 1.63 bits per heavy atom. The van der Waals surface area contributed by atoms with Gasteiger partial charge in [-0.15, -0.1) is 12.6 Å². The number of nitrogen functional groups attached to an aromatic ring is 2. The van der Waals surface area contributed by atoms with E-state index in [1.54, 1.807) is 7.11 Å². The molecule has 0 bridgehead atoms. The summed E-state index contributed by atoms with van der Waals surface area (Å²) in [5, 5.41) is 0.281. The summed E-state index contributed by atoms with van der Waals surface area (Å²) >= 11 is 4.02. The zero-order chi connectivity index (χ0) is 13.1. The van der Waals surface area contributed by atoms with E-state index in [0.29, 0.717) is 18.1 Å². The van der Waals surface area contributed by atoms with Crippen LogP contribution in [0.1, 0.15) is 11.1 Å². The Labute approximate surface area is 160 Å². The van der Waals surface area contributed by atoms with E-state index in [9.17, 15) is 0 Å². The van der Waals surface area contributed by atoms with Gasteiger partial charge >= 0.3 is 51.4 Å². The van der Waals surface area contributed by atoms with E-state index < -0.39 is 0 Å². The number of aromatic nitrogens is 2. The van der Waals surface area contributed by atoms with Gasteiger partial charge in [-0.2, -0.15) is 0 Å². The SMILES string of the molecule is COc1ccc(Cc2c(N)nc(S)nc2N)cc1.[KH]. The maximum atomic E-state index is 5.82. The van der Waals surface area contributed by atoms with Gasteiger partial charge in [-0.05, 0) is 17.7 Å². The molecule has 0 amide bonds. The van der Waals surface area contributed by atoms with E-state index in [4.69, 9.17) is 16.2 Å². The molecule has 0 aliphatic carbocycles. The molecule has 96 valence electrons. The van der Waals surface area contributed by atoms with Gasteiger partial charge in [-0.3, -0.25) is 0 Å². The molecule has 2 aromatic rings. The van der Waals surface area contributed by atoms with Crippen molar-refractivity contribution < 1.29 is 4.74 Å². The van der Waals surface area contributed by atoms with Crippen molar-refractivity contribution in [1.29, 1.82) is 0 Å². The summed E-state index contributed by atoms with van der Waals surface area (Å²) in [6, 6.07) is 7.67. The monoisotopic (exact) mass is 302 g/mol. The summed E-state index contributed by atoms with van der Waals surface area (Å²) in [6.07, 6.45) is 0.579. The molecule has 7 heteroatoms. The molecule has 0 fully saturated rings. The number of nitrogens with two attached hydrogens (primary N) is 2. The zero-order valence-corrected chi connectivity index (χ0v) is 10.8. The van der Waals surface area contributed by atoms with E-state index in [1.807, 2.05) is 24.3 Å². The van der Waals surface area contributed by atoms with Crippen LogP contribution in [0.25, 0.3) is 0 Å². The molecule has 0 aliphatic heterocycles. The van der Waals surface area contributed by atoms with Gasteiger partial charge in [0.15, 0.2) is 5.16 Å². The van der Waals surface area contributed by atoms with Crippen LogP contribution >= 0.6 is 12.6 Å². The summed E-state index contributed by atoms with van der Waals surface area (Å²) < 4.78 is 5.10. The second-order valence-electron chi connectivity index (χ2n) is 3.80. The fourth-order valence-corrected chi connectivity index (χ4v) is 1.85. The Hall–Kier alpha value is -0.314. The van der Waals surface area contributed by atoms with Crippen molar-refractivity contribution >= 4 is 75.6 Å². The minimum absolute atomic E-state index is 0. The summed E-state index contributed by atoms with van der Waals surface area (Å²) in [5.41, 5.74) is 13.4. The van der Waals surface area contributed by atoms with Crippen LogP contribution in [0.5, 0.6) is 5.75 Å². The van der Waals surface area contributed by atoms with Gasteiger partial charge in [-0.25, -0.2) is 9.97 Å². The third-order valence-electron chi connectivity index (χ3n) is 2.60. The van der Waals surface area contributed by atoms with E-state index in [1.165, 1.54) is 0 Å². The van der Waals surface area contributed by atoms with Crippen LogP contribution in [-0.2, 0) is 6.42 Å². The van der Waals surface area contributed by atoms with Crippen LogP contribution in [0.15, 0.2) is 29.4 Å². The number of rotatable bonds is 3. The molecule has 0 saturated heterocycles. The van der Waals surface area contributed by atoms with Crippen LogP contribution in [0.2, 0.25) is 0 Å². The first-order chi connectivity index (χ1) is 8.60. The van der Waals surface area contributed by atoms with Crippen molar-refractivity contribution in [3.05, 3.63) is 35.4 Å². The molecule has 2 rings (SSSR count). The standard InChI is InChI=1S/C12H14N4OS.K.H/c1-17-8-4-2-7(3-5-8)6-9-10(13)15-12(18)16-11(9)14;;/h2-5H,6H2,1H3,(H5,13,14,15,16,18);;. The molecule has 19 heavy (non-hydrogen) atoms. The Morgan fingerprint density at radius 3 is 2.11 bits per heavy atom. The van der Waals surface area contributed by atoms with Gasteiger partial charge in [0.25, 0.3) is 0 Å². The molecule has 0 spiro atoms. The first kappa shape index (κ1) is 16.7. The van der Waals surface area contributed by atoms with Crippen molar-refractivity contribution in [3.63, 3.8) is 0 Å². The van der Waals surface area contributed by atoms with Crippen LogP contribution in [0.3, 0.4) is 0 Å². The average molecular weight is 302 g/mol. The average Bonchev–Trinajstić information content (AvgIpc) is 2.34. The molecule has 0 aliphatic rings. The van der Waals surface area contributed by atoms with Gasteiger partial charge in [0.2, 0.25) is 0 Å². The minimum atomic E-state index is 0. The number of thiol groups is 1. The molecule has 0 unspecified atom stereocenters. The number of ether oxygens (including phenoxy) is 1. The molecule has 1 aromatic carbocycles. The molecule has 0 atom stereocenters. The van der Waals surface area contributed by atoms with E-state index >= 15 is 0 Å². The number of hydrogen-bond donors (Lipinski definition) is 3. The van der Waals surface area contributed by atoms with E-state index in [-0.39, 0.29) is 56.5 Å². The number of benzene rings is 1. The van der Waals surface area contributed by atoms with Gasteiger partial charge in [0.05, 0.1) is 7.11 Å². The molecule has 0 radical (unpaired) electrons. The van der Waals surface area contributed by atoms with Gasteiger partial charge < -0.3 is 16.2 Å². The molecule has 4 N–H and O–H groups in total. The van der Waals surface area contributed by atoms with Gasteiger partial charge in [0, 0.05) is 12.0 Å². The Balaban J connectivity index is 0.00000180. The molecular formula is C12H15KN4OS. The third-order valence-corrected chi connectivity index (χ3v) is 2.80. The Morgan fingerprint density at radius 1 is 1.11 bits per heavy atom. The van der Waals surface area contributed by atoms with Gasteiger partial charge in [-0.1, -0.05) is 12.1 Å². The number of hydrogen-bond acceptors (Lipinski definition) is 6. The summed E-state index contributed by atoms with van der Waals surface area (Å²) in [6.45, 7) is 0. The molecule has 0 saturated carbocycles. The second kappa shape index (κ2) is 7.46. The fourth-order valence-electron chi connectivity index (χ4n) is 1.64. The molecular weight excluding hydrogens is 287 g/mol. The van der Waals surface area contributed by atoms with Crippen LogP contribution < -0.4 is 16.2 Å². The summed E-state index contributed by atoms with van der Waals surface area (Å²) in [7, 11) is 1.63. The van der Waals surface area contributed by atoms with Crippen molar-refractivity contribution in [3.8, 4) is 5.75 Å². The predicted molar refractivity (Wildman–Crippen MR) is 81.1 cm³/mol. The molecule has 1 aromatic heterocycles. The van der Waals surface area contributed by atoms with Crippen molar-refractivity contribution in [2.75, 3.05) is 18.6 Å². The summed E-state index contributed by atoms with van der Waals surface area (Å²) in [4.78, 5) is 7.98. The number of anilines is 2. The number of nitrogens with zero attached hydrogens (tertiary/aromatic N) is 2. The topological polar surface area (TPSA) is 87.0 Å². The van der Waals surface area contributed by atoms with Crippen molar-refractivity contribution in [2.45, 2.75) is 11.6 Å². The van der Waals surface area contributed by atoms with Gasteiger partial charge in [0.1, 0.15) is 17.4 Å². The third kappa shape index (κ3) is 4.33. The Kier molecular flexibility index (Phi) is 6.58. The number of methoxy groups -OCH3 is 1. The summed E-state index contributed by atoms with van der Waals surface area (Å²) in [5.74, 6) is 1.54. The predicted octanol–water partition coefficient (Wildman–Crippen LogP) is 0.881. The second-order valence-corrected chi connectivity index (χ2v) is 4.20. The fraction of sp³-hybridized carbons (Fsp3) is 0.167. The van der Waals surface area contributed by atoms with E-state index in [2.05, 4.69) is 22.6 Å². The van der Waals surface area contributed by atoms with Crippen molar-refractivity contribution in [1.82, 2.24) is 9.97 Å². The first-order valence-electron chi connectivity index (χ1n) is 5.34. The molecule has 1 heterocycles.